The predicted molar refractivity (Wildman–Crippen MR) is 204 cm³/mol. The molecular weight excluding hydrogens is 625 g/mol. The van der Waals surface area contributed by atoms with E-state index < -0.39 is 5.41 Å². The molecule has 0 amide bonds. The van der Waals surface area contributed by atoms with Gasteiger partial charge in [-0.1, -0.05) is 133 Å². The van der Waals surface area contributed by atoms with Gasteiger partial charge in [0.2, 0.25) is 0 Å². The van der Waals surface area contributed by atoms with Crippen LogP contribution in [0.5, 0.6) is 0 Å². The molecule has 6 aromatic carbocycles. The number of aliphatic imine (C=N–C) groups is 2. The topological polar surface area (TPSA) is 75.4 Å². The molecule has 1 spiro atoms. The Labute approximate surface area is 296 Å². The minimum Gasteiger partial charge on any atom is -0.329 e. The van der Waals surface area contributed by atoms with Gasteiger partial charge in [0.25, 0.3) is 0 Å². The van der Waals surface area contributed by atoms with Gasteiger partial charge in [0.1, 0.15) is 17.5 Å². The number of hydrogen-bond acceptors (Lipinski definition) is 6. The van der Waals surface area contributed by atoms with Crippen molar-refractivity contribution in [1.29, 1.82) is 0 Å². The van der Waals surface area contributed by atoms with Crippen LogP contribution in [0.15, 0.2) is 156 Å². The van der Waals surface area contributed by atoms with Crippen LogP contribution < -0.4 is 5.32 Å². The van der Waals surface area contributed by atoms with Crippen LogP contribution >= 0.6 is 0 Å². The van der Waals surface area contributed by atoms with Crippen molar-refractivity contribution in [3.8, 4) is 45.0 Å². The molecule has 6 nitrogen and oxygen atoms in total. The quantitative estimate of drug-likeness (QED) is 0.205. The van der Waals surface area contributed by atoms with E-state index in [0.717, 1.165) is 33.9 Å². The lowest BCUT2D eigenvalue weighted by molar-refractivity contribution is 0.753. The van der Waals surface area contributed by atoms with Crippen LogP contribution in [0.4, 0.5) is 0 Å². The Morgan fingerprint density at radius 3 is 1.67 bits per heavy atom. The minimum absolute atomic E-state index is 0.304. The number of nitrogens with one attached hydrogen (secondary N) is 1. The summed E-state index contributed by atoms with van der Waals surface area (Å²) in [6.07, 6.45) is -0.304. The van der Waals surface area contributed by atoms with Crippen molar-refractivity contribution >= 4 is 11.7 Å². The van der Waals surface area contributed by atoms with Gasteiger partial charge in [0.15, 0.2) is 17.8 Å². The zero-order chi connectivity index (χ0) is 34.1. The molecule has 1 aromatic heterocycles. The van der Waals surface area contributed by atoms with Gasteiger partial charge in [-0.15, -0.1) is 0 Å². The zero-order valence-electron chi connectivity index (χ0n) is 28.2. The van der Waals surface area contributed by atoms with Crippen LogP contribution in [0.2, 0.25) is 0 Å². The largest absolute Gasteiger partial charge is 0.329 e. The Bertz CT molecular complexity index is 2540. The summed E-state index contributed by atoms with van der Waals surface area (Å²) in [6.45, 7) is 3.94. The lowest BCUT2D eigenvalue weighted by Gasteiger charge is -2.31. The van der Waals surface area contributed by atoms with E-state index >= 15 is 0 Å². The summed E-state index contributed by atoms with van der Waals surface area (Å²) in [4.78, 5) is 24.6. The van der Waals surface area contributed by atoms with Crippen LogP contribution in [0, 0.1) is 6.92 Å². The Morgan fingerprint density at radius 2 is 1.00 bits per heavy atom. The van der Waals surface area contributed by atoms with Crippen molar-refractivity contribution in [3.05, 3.63) is 185 Å². The smallest absolute Gasteiger partial charge is 0.169 e. The predicted octanol–water partition coefficient (Wildman–Crippen LogP) is 9.32. The van der Waals surface area contributed by atoms with Crippen molar-refractivity contribution in [1.82, 2.24) is 20.3 Å². The first-order valence-corrected chi connectivity index (χ1v) is 17.3. The number of aryl methyl sites for hydroxylation is 1. The summed E-state index contributed by atoms with van der Waals surface area (Å²) >= 11 is 0. The molecule has 242 valence electrons. The summed E-state index contributed by atoms with van der Waals surface area (Å²) in [5.74, 6) is 3.69. The highest BCUT2D eigenvalue weighted by Gasteiger charge is 2.52. The molecule has 1 aliphatic heterocycles. The Hall–Kier alpha value is -6.53. The van der Waals surface area contributed by atoms with E-state index in [1.54, 1.807) is 0 Å². The molecular formula is C45H32N6. The van der Waals surface area contributed by atoms with Crippen LogP contribution in [-0.2, 0) is 5.41 Å². The third kappa shape index (κ3) is 4.46. The summed E-state index contributed by atoms with van der Waals surface area (Å²) in [5, 5.41) is 3.49. The van der Waals surface area contributed by atoms with Gasteiger partial charge >= 0.3 is 0 Å². The molecule has 0 radical (unpaired) electrons. The molecule has 3 aliphatic rings. The Kier molecular flexibility index (Phi) is 6.49. The molecule has 1 N–H and O–H groups in total. The molecule has 0 saturated heterocycles. The van der Waals surface area contributed by atoms with Crippen LogP contribution in [0.1, 0.15) is 52.3 Å². The highest BCUT2D eigenvalue weighted by Crippen LogP contribution is 2.63. The first kappa shape index (κ1) is 29.4. The average Bonchev–Trinajstić information content (AvgIpc) is 3.65. The number of aromatic nitrogens is 3. The molecule has 2 heterocycles. The number of rotatable bonds is 4. The highest BCUT2D eigenvalue weighted by molar-refractivity contribution is 6.11. The van der Waals surface area contributed by atoms with Gasteiger partial charge in [-0.2, -0.15) is 0 Å². The lowest BCUT2D eigenvalue weighted by atomic mass is 9.70. The fraction of sp³-hybridized carbons (Fsp3) is 0.0889. The molecule has 0 fully saturated rings. The van der Waals surface area contributed by atoms with Gasteiger partial charge in [0, 0.05) is 16.7 Å². The van der Waals surface area contributed by atoms with Gasteiger partial charge in [-0.25, -0.2) is 24.9 Å². The number of fused-ring (bicyclic) bond motifs is 10. The Morgan fingerprint density at radius 1 is 0.471 bits per heavy atom. The van der Waals surface area contributed by atoms with Crippen molar-refractivity contribution in [2.24, 2.45) is 9.98 Å². The second-order valence-corrected chi connectivity index (χ2v) is 13.4. The van der Waals surface area contributed by atoms with E-state index in [2.05, 4.69) is 102 Å². The first-order valence-electron chi connectivity index (χ1n) is 17.3. The molecule has 1 unspecified atom stereocenters. The van der Waals surface area contributed by atoms with Gasteiger partial charge < -0.3 is 5.32 Å². The maximum atomic E-state index is 5.14. The van der Waals surface area contributed by atoms with Crippen LogP contribution in [-0.4, -0.2) is 26.6 Å². The fourth-order valence-electron chi connectivity index (χ4n) is 8.24. The monoisotopic (exact) mass is 656 g/mol. The summed E-state index contributed by atoms with van der Waals surface area (Å²) in [5.41, 5.74) is 13.4. The summed E-state index contributed by atoms with van der Waals surface area (Å²) in [7, 11) is 0. The van der Waals surface area contributed by atoms with Crippen molar-refractivity contribution in [2.75, 3.05) is 0 Å². The number of hydrogen-bond donors (Lipinski definition) is 1. The maximum absolute atomic E-state index is 5.14. The van der Waals surface area contributed by atoms with Crippen LogP contribution in [0.25, 0.3) is 45.0 Å². The molecule has 0 saturated carbocycles. The minimum atomic E-state index is -0.550. The average molecular weight is 657 g/mol. The van der Waals surface area contributed by atoms with E-state index in [1.165, 1.54) is 44.5 Å². The number of amidine groups is 2. The summed E-state index contributed by atoms with van der Waals surface area (Å²) in [6, 6.07) is 51.6. The van der Waals surface area contributed by atoms with Gasteiger partial charge in [-0.3, -0.25) is 0 Å². The Balaban J connectivity index is 1.20. The normalized spacial score (nSPS) is 16.0. The SMILES string of the molecule is CC1=NC(c2ccccc2)N=C(c2ccc3c(c2)C2(c4ccccc4-c4ccccc42)c2cc(-c4nc(C)nc(-c5ccccc5)n4)ccc2-3)N1. The van der Waals surface area contributed by atoms with Gasteiger partial charge in [0.05, 0.1) is 5.41 Å². The second kappa shape index (κ2) is 11.3. The molecule has 6 heteroatoms. The second-order valence-electron chi connectivity index (χ2n) is 13.4. The van der Waals surface area contributed by atoms with E-state index in [1.807, 2.05) is 62.4 Å². The number of benzene rings is 6. The highest BCUT2D eigenvalue weighted by atomic mass is 15.2. The third-order valence-corrected chi connectivity index (χ3v) is 10.4. The maximum Gasteiger partial charge on any atom is 0.169 e. The van der Waals surface area contributed by atoms with Crippen LogP contribution in [0.3, 0.4) is 0 Å². The third-order valence-electron chi connectivity index (χ3n) is 10.4. The van der Waals surface area contributed by atoms with E-state index in [-0.39, 0.29) is 6.17 Å². The standard InChI is InChI=1S/C45H32N6/c1-27-46-41(29-13-5-3-6-14-29)50-43(48-27)31-21-23-35-36-24-22-32(44-49-28(2)47-42(51-44)30-15-7-4-8-16-30)26-40(36)45(39(35)25-31)37-19-11-9-17-33(37)34-18-10-12-20-38(34)45/h3-26,41H,1-2H3,(H,46,48,50). The molecule has 1 atom stereocenters. The number of nitrogens with zero attached hydrogens (tertiary/aromatic N) is 5. The summed E-state index contributed by atoms with van der Waals surface area (Å²) < 4.78 is 0. The fourth-order valence-corrected chi connectivity index (χ4v) is 8.24. The van der Waals surface area contributed by atoms with Gasteiger partial charge in [-0.05, 0) is 76.1 Å². The first-order chi connectivity index (χ1) is 25.1. The van der Waals surface area contributed by atoms with E-state index in [9.17, 15) is 0 Å². The molecule has 7 aromatic rings. The molecule has 51 heavy (non-hydrogen) atoms. The van der Waals surface area contributed by atoms with Crippen molar-refractivity contribution in [3.63, 3.8) is 0 Å². The van der Waals surface area contributed by atoms with E-state index in [4.69, 9.17) is 24.9 Å². The molecule has 2 aliphatic carbocycles. The van der Waals surface area contributed by atoms with E-state index in [0.29, 0.717) is 17.5 Å². The molecule has 10 rings (SSSR count). The lowest BCUT2D eigenvalue weighted by Crippen LogP contribution is -2.34. The molecule has 0 bridgehead atoms. The van der Waals surface area contributed by atoms with Crippen molar-refractivity contribution in [2.45, 2.75) is 25.4 Å². The van der Waals surface area contributed by atoms with Crippen molar-refractivity contribution < 1.29 is 0 Å². The zero-order valence-corrected chi connectivity index (χ0v) is 28.2.